The molecule has 2 rings (SSSR count). The van der Waals surface area contributed by atoms with Crippen LogP contribution in [0.2, 0.25) is 0 Å². The Bertz CT molecular complexity index is 562. The number of nitrogens with zero attached hydrogens (tertiary/aromatic N) is 3. The fourth-order valence-electron chi connectivity index (χ4n) is 1.57. The van der Waals surface area contributed by atoms with Gasteiger partial charge in [-0.3, -0.25) is 0 Å². The van der Waals surface area contributed by atoms with Crippen molar-refractivity contribution < 1.29 is 13.5 Å². The van der Waals surface area contributed by atoms with Gasteiger partial charge in [0.15, 0.2) is 17.5 Å². The molecule has 0 spiro atoms. The summed E-state index contributed by atoms with van der Waals surface area (Å²) in [4.78, 5) is 6.10. The third-order valence-electron chi connectivity index (χ3n) is 2.46. The van der Waals surface area contributed by atoms with Gasteiger partial charge in [-0.15, -0.1) is 0 Å². The van der Waals surface area contributed by atoms with Crippen LogP contribution in [0.3, 0.4) is 0 Å². The van der Waals surface area contributed by atoms with E-state index in [1.807, 2.05) is 11.9 Å². The van der Waals surface area contributed by atoms with Crippen LogP contribution in [-0.2, 0) is 17.9 Å². The molecule has 0 fully saturated rings. The van der Waals surface area contributed by atoms with Gasteiger partial charge in [0.2, 0.25) is 5.13 Å². The number of ether oxygens (including phenoxy) is 1. The number of hydrogen-bond donors (Lipinski definition) is 0. The predicted octanol–water partition coefficient (Wildman–Crippen LogP) is 2.60. The molecule has 0 bridgehead atoms. The monoisotopic (exact) mass is 285 g/mol. The quantitative estimate of drug-likeness (QED) is 0.846. The highest BCUT2D eigenvalue weighted by molar-refractivity contribution is 7.09. The average Bonchev–Trinajstić information content (AvgIpc) is 2.83. The summed E-state index contributed by atoms with van der Waals surface area (Å²) in [6.45, 7) is 0.786. The van der Waals surface area contributed by atoms with E-state index in [1.54, 1.807) is 13.2 Å². The van der Waals surface area contributed by atoms with Gasteiger partial charge < -0.3 is 9.64 Å². The Balaban J connectivity index is 2.06. The van der Waals surface area contributed by atoms with Gasteiger partial charge in [-0.25, -0.2) is 13.8 Å². The first kappa shape index (κ1) is 13.8. The summed E-state index contributed by atoms with van der Waals surface area (Å²) < 4.78 is 35.0. The van der Waals surface area contributed by atoms with Gasteiger partial charge in [0.05, 0.1) is 0 Å². The Morgan fingerprint density at radius 2 is 2.11 bits per heavy atom. The molecule has 0 aliphatic rings. The fourth-order valence-corrected chi connectivity index (χ4v) is 2.20. The van der Waals surface area contributed by atoms with Crippen LogP contribution in [0.1, 0.15) is 11.4 Å². The van der Waals surface area contributed by atoms with Crippen molar-refractivity contribution in [2.24, 2.45) is 0 Å². The van der Waals surface area contributed by atoms with Crippen molar-refractivity contribution >= 4 is 16.7 Å². The third kappa shape index (κ3) is 3.45. The highest BCUT2D eigenvalue weighted by Crippen LogP contribution is 2.19. The van der Waals surface area contributed by atoms with Gasteiger partial charge in [-0.05, 0) is 17.7 Å². The van der Waals surface area contributed by atoms with E-state index in [0.717, 1.165) is 6.07 Å². The molecule has 0 atom stereocenters. The number of aromatic nitrogens is 2. The third-order valence-corrected chi connectivity index (χ3v) is 3.33. The summed E-state index contributed by atoms with van der Waals surface area (Å²) in [6, 6.07) is 3.85. The lowest BCUT2D eigenvalue weighted by Gasteiger charge is -2.15. The summed E-state index contributed by atoms with van der Waals surface area (Å²) >= 11 is 1.24. The minimum Gasteiger partial charge on any atom is -0.377 e. The molecule has 0 amide bonds. The molecule has 7 heteroatoms. The molecule has 0 unspecified atom stereocenters. The molecular weight excluding hydrogens is 272 g/mol. The maximum atomic E-state index is 13.1. The molecule has 0 aliphatic carbocycles. The van der Waals surface area contributed by atoms with Crippen LogP contribution >= 0.6 is 11.5 Å². The number of anilines is 1. The molecule has 19 heavy (non-hydrogen) atoms. The zero-order valence-electron chi connectivity index (χ0n) is 10.6. The van der Waals surface area contributed by atoms with E-state index in [9.17, 15) is 8.78 Å². The zero-order chi connectivity index (χ0) is 13.8. The van der Waals surface area contributed by atoms with E-state index in [2.05, 4.69) is 9.36 Å². The second kappa shape index (κ2) is 6.03. The van der Waals surface area contributed by atoms with Crippen LogP contribution in [0.15, 0.2) is 18.2 Å². The smallest absolute Gasteiger partial charge is 0.205 e. The Kier molecular flexibility index (Phi) is 4.39. The van der Waals surface area contributed by atoms with Crippen molar-refractivity contribution in [3.63, 3.8) is 0 Å². The summed E-state index contributed by atoms with van der Waals surface area (Å²) in [5.41, 5.74) is 0.671. The van der Waals surface area contributed by atoms with Gasteiger partial charge in [0.25, 0.3) is 0 Å². The largest absolute Gasteiger partial charge is 0.377 e. The predicted molar refractivity (Wildman–Crippen MR) is 69.1 cm³/mol. The lowest BCUT2D eigenvalue weighted by atomic mass is 10.2. The molecule has 1 aromatic heterocycles. The Morgan fingerprint density at radius 1 is 1.32 bits per heavy atom. The minimum absolute atomic E-state index is 0.357. The standard InChI is InChI=1S/C12H13F2N3OS/c1-17(12-15-11(7-18-2)16-19-12)6-8-3-4-9(13)10(14)5-8/h3-5H,6-7H2,1-2H3. The summed E-state index contributed by atoms with van der Waals surface area (Å²) in [5, 5.41) is 0.705. The molecule has 0 N–H and O–H groups in total. The highest BCUT2D eigenvalue weighted by atomic mass is 32.1. The molecule has 0 saturated carbocycles. The molecule has 0 radical (unpaired) electrons. The highest BCUT2D eigenvalue weighted by Gasteiger charge is 2.10. The van der Waals surface area contributed by atoms with Crippen molar-refractivity contribution in [3.8, 4) is 0 Å². The molecule has 102 valence electrons. The maximum Gasteiger partial charge on any atom is 0.205 e. The Morgan fingerprint density at radius 3 is 2.79 bits per heavy atom. The van der Waals surface area contributed by atoms with Crippen LogP contribution in [0.5, 0.6) is 0 Å². The molecule has 0 saturated heterocycles. The minimum atomic E-state index is -0.844. The van der Waals surface area contributed by atoms with E-state index < -0.39 is 11.6 Å². The molecule has 1 aromatic carbocycles. The van der Waals surface area contributed by atoms with Crippen molar-refractivity contribution in [1.29, 1.82) is 0 Å². The number of hydrogen-bond acceptors (Lipinski definition) is 5. The first-order valence-electron chi connectivity index (χ1n) is 5.56. The van der Waals surface area contributed by atoms with Gasteiger partial charge >= 0.3 is 0 Å². The van der Waals surface area contributed by atoms with Crippen molar-refractivity contribution in [1.82, 2.24) is 9.36 Å². The molecule has 0 aliphatic heterocycles. The number of methoxy groups -OCH3 is 1. The second-order valence-corrected chi connectivity index (χ2v) is 4.76. The second-order valence-electron chi connectivity index (χ2n) is 4.03. The Labute approximate surface area is 113 Å². The summed E-state index contributed by atoms with van der Waals surface area (Å²) in [5.74, 6) is -1.08. The van der Waals surface area contributed by atoms with Gasteiger partial charge in [0, 0.05) is 32.2 Å². The van der Waals surface area contributed by atoms with E-state index in [0.29, 0.717) is 29.7 Å². The van der Waals surface area contributed by atoms with Crippen molar-refractivity contribution in [2.75, 3.05) is 19.1 Å². The summed E-state index contributed by atoms with van der Waals surface area (Å²) in [7, 11) is 3.39. The maximum absolute atomic E-state index is 13.1. The van der Waals surface area contributed by atoms with E-state index in [4.69, 9.17) is 4.74 Å². The topological polar surface area (TPSA) is 38.2 Å². The average molecular weight is 285 g/mol. The molecule has 2 aromatic rings. The van der Waals surface area contributed by atoms with Crippen LogP contribution in [0, 0.1) is 11.6 Å². The van der Waals surface area contributed by atoms with E-state index in [1.165, 1.54) is 17.6 Å². The number of benzene rings is 1. The first-order valence-corrected chi connectivity index (χ1v) is 6.34. The molecule has 1 heterocycles. The van der Waals surface area contributed by atoms with Crippen molar-refractivity contribution in [2.45, 2.75) is 13.2 Å². The first-order chi connectivity index (χ1) is 9.10. The Hall–Kier alpha value is -1.60. The zero-order valence-corrected chi connectivity index (χ0v) is 11.4. The van der Waals surface area contributed by atoms with Crippen LogP contribution < -0.4 is 4.90 Å². The molecule has 4 nitrogen and oxygen atoms in total. The normalized spacial score (nSPS) is 10.7. The van der Waals surface area contributed by atoms with E-state index >= 15 is 0 Å². The van der Waals surface area contributed by atoms with Crippen LogP contribution in [0.25, 0.3) is 0 Å². The SMILES string of the molecule is COCc1nsc(N(C)Cc2ccc(F)c(F)c2)n1. The van der Waals surface area contributed by atoms with Crippen LogP contribution in [0.4, 0.5) is 13.9 Å². The fraction of sp³-hybridized carbons (Fsp3) is 0.333. The number of rotatable bonds is 5. The van der Waals surface area contributed by atoms with E-state index in [-0.39, 0.29) is 0 Å². The number of halogens is 2. The summed E-state index contributed by atoms with van der Waals surface area (Å²) in [6.07, 6.45) is 0. The van der Waals surface area contributed by atoms with Crippen molar-refractivity contribution in [3.05, 3.63) is 41.2 Å². The van der Waals surface area contributed by atoms with Gasteiger partial charge in [-0.2, -0.15) is 4.37 Å². The molecular formula is C12H13F2N3OS. The van der Waals surface area contributed by atoms with Crippen LogP contribution in [-0.4, -0.2) is 23.5 Å². The van der Waals surface area contributed by atoms with Gasteiger partial charge in [0.1, 0.15) is 6.61 Å². The lowest BCUT2D eigenvalue weighted by Crippen LogP contribution is -2.16. The lowest BCUT2D eigenvalue weighted by molar-refractivity contribution is 0.179. The van der Waals surface area contributed by atoms with Gasteiger partial charge in [-0.1, -0.05) is 6.07 Å².